The van der Waals surface area contributed by atoms with Crippen molar-refractivity contribution in [2.75, 3.05) is 19.8 Å². The molecule has 1 aliphatic rings. The van der Waals surface area contributed by atoms with Gasteiger partial charge in [0.1, 0.15) is 5.82 Å². The topological polar surface area (TPSA) is 53.8 Å². The van der Waals surface area contributed by atoms with Crippen LogP contribution in [-0.4, -0.2) is 35.5 Å². The van der Waals surface area contributed by atoms with Gasteiger partial charge in [-0.1, -0.05) is 60.7 Å². The van der Waals surface area contributed by atoms with E-state index >= 15 is 0 Å². The normalized spacial score (nSPS) is 14.5. The van der Waals surface area contributed by atoms with Crippen LogP contribution >= 0.6 is 0 Å². The Morgan fingerprint density at radius 3 is 2.33 bits per heavy atom. The van der Waals surface area contributed by atoms with Crippen molar-refractivity contribution in [3.63, 3.8) is 0 Å². The number of nitrogens with zero attached hydrogens (tertiary/aromatic N) is 2. The number of hydrogen-bond acceptors (Lipinski definition) is 4. The Morgan fingerprint density at radius 2 is 1.58 bits per heavy atom. The number of carbonyl (C=O) groups excluding carboxylic acids is 1. The Kier molecular flexibility index (Phi) is 5.75. The maximum atomic E-state index is 13.6. The minimum atomic E-state index is -0.520. The molecule has 5 nitrogen and oxygen atoms in total. The molecule has 3 aromatic carbocycles. The number of rotatable bonds is 4. The summed E-state index contributed by atoms with van der Waals surface area (Å²) >= 11 is 0. The van der Waals surface area contributed by atoms with Crippen molar-refractivity contribution < 1.29 is 13.6 Å². The fraction of sp³-hybridized carbons (Fsp3) is 0.185. The molecule has 1 amide bonds. The third kappa shape index (κ3) is 4.30. The molecule has 166 valence electrons. The number of amides is 1. The lowest BCUT2D eigenvalue weighted by Gasteiger charge is -2.35. The minimum Gasteiger partial charge on any atom is -0.416 e. The summed E-state index contributed by atoms with van der Waals surface area (Å²) < 4.78 is 18.9. The Morgan fingerprint density at radius 1 is 0.879 bits per heavy atom. The minimum absolute atomic E-state index is 0.0635. The highest BCUT2D eigenvalue weighted by Crippen LogP contribution is 2.31. The molecule has 6 heteroatoms. The molecule has 1 aliphatic heterocycles. The smallest absolute Gasteiger partial charge is 0.344 e. The van der Waals surface area contributed by atoms with Gasteiger partial charge < -0.3 is 9.32 Å². The van der Waals surface area contributed by atoms with Gasteiger partial charge in [0.15, 0.2) is 0 Å². The Balaban J connectivity index is 1.50. The van der Waals surface area contributed by atoms with Crippen LogP contribution in [0.4, 0.5) is 4.39 Å². The summed E-state index contributed by atoms with van der Waals surface area (Å²) in [6.07, 6.45) is 0.797. The summed E-state index contributed by atoms with van der Waals surface area (Å²) in [6.45, 7) is 2.41. The first-order valence-corrected chi connectivity index (χ1v) is 11.0. The van der Waals surface area contributed by atoms with E-state index in [9.17, 15) is 14.0 Å². The third-order valence-electron chi connectivity index (χ3n) is 5.97. The van der Waals surface area contributed by atoms with Crippen molar-refractivity contribution in [1.82, 2.24) is 9.80 Å². The van der Waals surface area contributed by atoms with E-state index in [0.29, 0.717) is 36.1 Å². The number of benzene rings is 3. The van der Waals surface area contributed by atoms with E-state index in [1.54, 1.807) is 29.2 Å². The van der Waals surface area contributed by atoms with Crippen molar-refractivity contribution in [2.24, 2.45) is 0 Å². The molecule has 0 unspecified atom stereocenters. The van der Waals surface area contributed by atoms with Gasteiger partial charge in [0, 0.05) is 30.6 Å². The lowest BCUT2D eigenvalue weighted by molar-refractivity contribution is 0.0449. The first kappa shape index (κ1) is 21.1. The number of carbonyl (C=O) groups is 1. The molecule has 1 saturated heterocycles. The van der Waals surface area contributed by atoms with E-state index in [1.807, 2.05) is 42.5 Å². The second-order valence-corrected chi connectivity index (χ2v) is 8.25. The molecule has 0 N–H and O–H groups in total. The fourth-order valence-electron chi connectivity index (χ4n) is 4.40. The van der Waals surface area contributed by atoms with E-state index in [1.165, 1.54) is 12.1 Å². The zero-order chi connectivity index (χ0) is 22.8. The standard InChI is InChI=1S/C27H23FN2O3/c28-21-13-11-19(12-14-21)17-29-15-6-16-30(18-29)26(31)25-24(20-7-2-1-3-8-20)22-9-4-5-10-23(22)27(32)33-25/h1-5,7-14H,6,15-18H2. The van der Waals surface area contributed by atoms with Gasteiger partial charge in [-0.25, -0.2) is 9.18 Å². The lowest BCUT2D eigenvalue weighted by atomic mass is 9.98. The largest absolute Gasteiger partial charge is 0.416 e. The van der Waals surface area contributed by atoms with Gasteiger partial charge in [-0.3, -0.25) is 9.69 Å². The SMILES string of the molecule is O=C(c1oc(=O)c2ccccc2c1-c1ccccc1)N1CCCN(Cc2ccc(F)cc2)C1. The third-order valence-corrected chi connectivity index (χ3v) is 5.97. The van der Waals surface area contributed by atoms with Crippen LogP contribution in [0, 0.1) is 5.82 Å². The summed E-state index contributed by atoms with van der Waals surface area (Å²) in [7, 11) is 0. The van der Waals surface area contributed by atoms with Gasteiger partial charge in [0.25, 0.3) is 5.91 Å². The van der Waals surface area contributed by atoms with Crippen molar-refractivity contribution in [2.45, 2.75) is 13.0 Å². The molecular weight excluding hydrogens is 419 g/mol. The Hall–Kier alpha value is -3.77. The Labute approximate surface area is 190 Å². The second kappa shape index (κ2) is 9.00. The average molecular weight is 442 g/mol. The lowest BCUT2D eigenvalue weighted by Crippen LogP contribution is -2.47. The molecular formula is C27H23FN2O3. The number of halogens is 1. The van der Waals surface area contributed by atoms with Gasteiger partial charge >= 0.3 is 5.63 Å². The second-order valence-electron chi connectivity index (χ2n) is 8.25. The monoisotopic (exact) mass is 442 g/mol. The van der Waals surface area contributed by atoms with Gasteiger partial charge in [-0.15, -0.1) is 0 Å². The Bertz CT molecular complexity index is 1350. The summed E-state index contributed by atoms with van der Waals surface area (Å²) in [5.41, 5.74) is 1.91. The molecule has 1 aromatic heterocycles. The van der Waals surface area contributed by atoms with Crippen LogP contribution in [-0.2, 0) is 6.54 Å². The maximum Gasteiger partial charge on any atom is 0.344 e. The van der Waals surface area contributed by atoms with Gasteiger partial charge in [0.2, 0.25) is 5.76 Å². The fourth-order valence-corrected chi connectivity index (χ4v) is 4.40. The summed E-state index contributed by atoms with van der Waals surface area (Å²) in [5, 5.41) is 1.15. The zero-order valence-electron chi connectivity index (χ0n) is 18.0. The van der Waals surface area contributed by atoms with Crippen LogP contribution in [0.25, 0.3) is 21.9 Å². The number of fused-ring (bicyclic) bond motifs is 1. The van der Waals surface area contributed by atoms with E-state index < -0.39 is 5.63 Å². The van der Waals surface area contributed by atoms with Gasteiger partial charge in [-0.2, -0.15) is 0 Å². The molecule has 33 heavy (non-hydrogen) atoms. The molecule has 4 aromatic rings. The van der Waals surface area contributed by atoms with Crippen molar-refractivity contribution in [1.29, 1.82) is 0 Å². The quantitative estimate of drug-likeness (QED) is 0.451. The average Bonchev–Trinajstić information content (AvgIpc) is 2.86. The van der Waals surface area contributed by atoms with Crippen LogP contribution in [0.15, 0.2) is 88.1 Å². The molecule has 1 fully saturated rings. The predicted octanol–water partition coefficient (Wildman–Crippen LogP) is 4.90. The van der Waals surface area contributed by atoms with E-state index in [0.717, 1.165) is 24.1 Å². The van der Waals surface area contributed by atoms with Crippen LogP contribution in [0.5, 0.6) is 0 Å². The van der Waals surface area contributed by atoms with E-state index in [4.69, 9.17) is 4.42 Å². The van der Waals surface area contributed by atoms with Crippen LogP contribution < -0.4 is 5.63 Å². The zero-order valence-corrected chi connectivity index (χ0v) is 18.0. The molecule has 0 bridgehead atoms. The molecule has 0 atom stereocenters. The first-order valence-electron chi connectivity index (χ1n) is 11.0. The molecule has 0 spiro atoms. The van der Waals surface area contributed by atoms with Crippen molar-refractivity contribution in [3.8, 4) is 11.1 Å². The van der Waals surface area contributed by atoms with Gasteiger partial charge in [-0.05, 0) is 35.7 Å². The summed E-state index contributed by atoms with van der Waals surface area (Å²) in [6, 6.07) is 23.1. The highest BCUT2D eigenvalue weighted by Gasteiger charge is 2.28. The van der Waals surface area contributed by atoms with Crippen molar-refractivity contribution in [3.05, 3.63) is 106 Å². The molecule has 0 saturated carbocycles. The summed E-state index contributed by atoms with van der Waals surface area (Å²) in [5.74, 6) is -0.511. The highest BCUT2D eigenvalue weighted by atomic mass is 19.1. The summed E-state index contributed by atoms with van der Waals surface area (Å²) in [4.78, 5) is 30.2. The van der Waals surface area contributed by atoms with E-state index in [-0.39, 0.29) is 17.5 Å². The van der Waals surface area contributed by atoms with Gasteiger partial charge in [0.05, 0.1) is 12.1 Å². The predicted molar refractivity (Wildman–Crippen MR) is 125 cm³/mol. The van der Waals surface area contributed by atoms with E-state index in [2.05, 4.69) is 4.90 Å². The van der Waals surface area contributed by atoms with Crippen LogP contribution in [0.1, 0.15) is 22.5 Å². The number of hydrogen-bond donors (Lipinski definition) is 0. The molecule has 0 aliphatic carbocycles. The maximum absolute atomic E-state index is 13.6. The molecule has 2 heterocycles. The highest BCUT2D eigenvalue weighted by molar-refractivity contribution is 6.07. The van der Waals surface area contributed by atoms with Crippen molar-refractivity contribution >= 4 is 16.7 Å². The van der Waals surface area contributed by atoms with Crippen LogP contribution in [0.2, 0.25) is 0 Å². The molecule has 0 radical (unpaired) electrons. The molecule has 5 rings (SSSR count). The van der Waals surface area contributed by atoms with Crippen LogP contribution in [0.3, 0.4) is 0 Å². The first-order chi connectivity index (χ1) is 16.1.